The summed E-state index contributed by atoms with van der Waals surface area (Å²) in [6, 6.07) is 2.06. The van der Waals surface area contributed by atoms with E-state index in [2.05, 4.69) is 23.4 Å². The van der Waals surface area contributed by atoms with Gasteiger partial charge in [-0.2, -0.15) is 5.10 Å². The summed E-state index contributed by atoms with van der Waals surface area (Å²) in [5.74, 6) is 0. The number of hydrogen-bond donors (Lipinski definition) is 1. The summed E-state index contributed by atoms with van der Waals surface area (Å²) in [5.41, 5.74) is 1.17. The first-order valence-electron chi connectivity index (χ1n) is 4.52. The van der Waals surface area contributed by atoms with Crippen LogP contribution < -0.4 is 5.32 Å². The predicted molar refractivity (Wildman–Crippen MR) is 50.1 cm³/mol. The number of hydrogen-bond acceptors (Lipinski definition) is 2. The molecular weight excluding hydrogens is 150 g/mol. The maximum absolute atomic E-state index is 4.28. The molecule has 0 amide bonds. The molecule has 1 aromatic rings. The van der Waals surface area contributed by atoms with Crippen LogP contribution in [0, 0.1) is 0 Å². The minimum absolute atomic E-state index is 1.03. The summed E-state index contributed by atoms with van der Waals surface area (Å²) in [4.78, 5) is 0. The Morgan fingerprint density at radius 2 is 2.33 bits per heavy atom. The Labute approximate surface area is 73.8 Å². The lowest BCUT2D eigenvalue weighted by molar-refractivity contribution is 0.655. The Morgan fingerprint density at radius 3 is 2.92 bits per heavy atom. The van der Waals surface area contributed by atoms with Crippen LogP contribution in [0.5, 0.6) is 0 Å². The molecule has 0 aliphatic rings. The van der Waals surface area contributed by atoms with E-state index < -0.39 is 0 Å². The van der Waals surface area contributed by atoms with Gasteiger partial charge >= 0.3 is 0 Å². The molecule has 0 aromatic carbocycles. The molecule has 1 N–H and O–H groups in total. The fourth-order valence-corrected chi connectivity index (χ4v) is 1.11. The Bertz CT molecular complexity index is 217. The zero-order valence-corrected chi connectivity index (χ0v) is 7.88. The van der Waals surface area contributed by atoms with Crippen LogP contribution in [0.25, 0.3) is 0 Å². The van der Waals surface area contributed by atoms with Gasteiger partial charge in [-0.15, -0.1) is 0 Å². The molecule has 1 rings (SSSR count). The predicted octanol–water partition coefficient (Wildman–Crippen LogP) is 0.962. The fourth-order valence-electron chi connectivity index (χ4n) is 1.11. The summed E-state index contributed by atoms with van der Waals surface area (Å²) in [5, 5.41) is 7.63. The van der Waals surface area contributed by atoms with Crippen molar-refractivity contribution in [1.29, 1.82) is 0 Å². The van der Waals surface area contributed by atoms with Gasteiger partial charge in [0.2, 0.25) is 0 Å². The molecule has 0 fully saturated rings. The standard InChI is InChI=1S/C9H17N3/c1-3-6-10-7-4-9-5-8-12(2)11-9/h5,8,10H,3-4,6-7H2,1-2H3. The second kappa shape index (κ2) is 4.93. The van der Waals surface area contributed by atoms with Gasteiger partial charge in [0.15, 0.2) is 0 Å². The number of rotatable bonds is 5. The van der Waals surface area contributed by atoms with Crippen molar-refractivity contribution >= 4 is 0 Å². The van der Waals surface area contributed by atoms with Crippen LogP contribution in [0.3, 0.4) is 0 Å². The molecule has 3 nitrogen and oxygen atoms in total. The number of aromatic nitrogens is 2. The second-order valence-electron chi connectivity index (χ2n) is 2.98. The average molecular weight is 167 g/mol. The van der Waals surface area contributed by atoms with Crippen molar-refractivity contribution in [3.05, 3.63) is 18.0 Å². The summed E-state index contributed by atoms with van der Waals surface area (Å²) in [7, 11) is 1.95. The quantitative estimate of drug-likeness (QED) is 0.662. The van der Waals surface area contributed by atoms with Gasteiger partial charge in [-0.25, -0.2) is 0 Å². The number of aryl methyl sites for hydroxylation is 1. The lowest BCUT2D eigenvalue weighted by Gasteiger charge is -1.99. The first-order chi connectivity index (χ1) is 5.83. The van der Waals surface area contributed by atoms with Gasteiger partial charge in [-0.05, 0) is 19.0 Å². The van der Waals surface area contributed by atoms with E-state index in [0.717, 1.165) is 19.5 Å². The van der Waals surface area contributed by atoms with Gasteiger partial charge in [0, 0.05) is 26.2 Å². The monoisotopic (exact) mass is 167 g/mol. The first kappa shape index (κ1) is 9.26. The van der Waals surface area contributed by atoms with Crippen molar-refractivity contribution in [1.82, 2.24) is 15.1 Å². The molecule has 0 unspecified atom stereocenters. The highest BCUT2D eigenvalue weighted by Gasteiger charge is 1.94. The van der Waals surface area contributed by atoms with Crippen LogP contribution >= 0.6 is 0 Å². The van der Waals surface area contributed by atoms with E-state index in [1.165, 1.54) is 12.1 Å². The van der Waals surface area contributed by atoms with Crippen LogP contribution in [-0.4, -0.2) is 22.9 Å². The highest BCUT2D eigenvalue weighted by atomic mass is 15.2. The molecular formula is C9H17N3. The summed E-state index contributed by atoms with van der Waals surface area (Å²) in [6.45, 7) is 4.31. The Morgan fingerprint density at radius 1 is 1.50 bits per heavy atom. The number of nitrogens with one attached hydrogen (secondary N) is 1. The van der Waals surface area contributed by atoms with E-state index in [0.29, 0.717) is 0 Å². The van der Waals surface area contributed by atoms with Crippen LogP contribution in [0.15, 0.2) is 12.3 Å². The summed E-state index contributed by atoms with van der Waals surface area (Å²) < 4.78 is 1.84. The molecule has 0 aliphatic heterocycles. The Kier molecular flexibility index (Phi) is 3.80. The molecule has 0 bridgehead atoms. The first-order valence-corrected chi connectivity index (χ1v) is 4.52. The zero-order chi connectivity index (χ0) is 8.81. The molecule has 12 heavy (non-hydrogen) atoms. The van der Waals surface area contributed by atoms with Crippen molar-refractivity contribution in [2.75, 3.05) is 13.1 Å². The average Bonchev–Trinajstić information content (AvgIpc) is 2.45. The fraction of sp³-hybridized carbons (Fsp3) is 0.667. The maximum Gasteiger partial charge on any atom is 0.0637 e. The van der Waals surface area contributed by atoms with E-state index in [1.54, 1.807) is 0 Å². The molecule has 0 aliphatic carbocycles. The van der Waals surface area contributed by atoms with E-state index in [-0.39, 0.29) is 0 Å². The van der Waals surface area contributed by atoms with Crippen LogP contribution in [0.1, 0.15) is 19.0 Å². The summed E-state index contributed by atoms with van der Waals surface area (Å²) in [6.07, 6.45) is 4.21. The third-order valence-corrected chi connectivity index (χ3v) is 1.75. The summed E-state index contributed by atoms with van der Waals surface area (Å²) >= 11 is 0. The normalized spacial score (nSPS) is 10.5. The minimum atomic E-state index is 1.03. The highest BCUT2D eigenvalue weighted by molar-refractivity contribution is 4.98. The van der Waals surface area contributed by atoms with Gasteiger partial charge in [0.1, 0.15) is 0 Å². The van der Waals surface area contributed by atoms with Gasteiger partial charge in [-0.1, -0.05) is 6.92 Å². The molecule has 68 valence electrons. The van der Waals surface area contributed by atoms with Crippen molar-refractivity contribution in [2.45, 2.75) is 19.8 Å². The van der Waals surface area contributed by atoms with E-state index >= 15 is 0 Å². The van der Waals surface area contributed by atoms with E-state index in [1.807, 2.05) is 17.9 Å². The van der Waals surface area contributed by atoms with Crippen molar-refractivity contribution < 1.29 is 0 Å². The molecule has 0 saturated carbocycles. The topological polar surface area (TPSA) is 29.9 Å². The highest BCUT2D eigenvalue weighted by Crippen LogP contribution is 1.93. The van der Waals surface area contributed by atoms with Gasteiger partial charge in [-0.3, -0.25) is 4.68 Å². The Hall–Kier alpha value is -0.830. The number of nitrogens with zero attached hydrogens (tertiary/aromatic N) is 2. The van der Waals surface area contributed by atoms with Crippen molar-refractivity contribution in [2.24, 2.45) is 7.05 Å². The van der Waals surface area contributed by atoms with Gasteiger partial charge < -0.3 is 5.32 Å². The van der Waals surface area contributed by atoms with Gasteiger partial charge in [0.25, 0.3) is 0 Å². The SMILES string of the molecule is CCCNCCc1ccn(C)n1. The van der Waals surface area contributed by atoms with Crippen molar-refractivity contribution in [3.63, 3.8) is 0 Å². The van der Waals surface area contributed by atoms with Crippen LogP contribution in [-0.2, 0) is 13.5 Å². The van der Waals surface area contributed by atoms with Crippen LogP contribution in [0.2, 0.25) is 0 Å². The Balaban J connectivity index is 2.15. The minimum Gasteiger partial charge on any atom is -0.316 e. The lowest BCUT2D eigenvalue weighted by Crippen LogP contribution is -2.17. The smallest absolute Gasteiger partial charge is 0.0637 e. The maximum atomic E-state index is 4.28. The van der Waals surface area contributed by atoms with Gasteiger partial charge in [0.05, 0.1) is 5.69 Å². The van der Waals surface area contributed by atoms with Crippen molar-refractivity contribution in [3.8, 4) is 0 Å². The molecule has 0 atom stereocenters. The molecule has 0 radical (unpaired) electrons. The van der Waals surface area contributed by atoms with Crippen LogP contribution in [0.4, 0.5) is 0 Å². The van der Waals surface area contributed by atoms with E-state index in [4.69, 9.17) is 0 Å². The molecule has 1 aromatic heterocycles. The molecule has 1 heterocycles. The largest absolute Gasteiger partial charge is 0.316 e. The third-order valence-electron chi connectivity index (χ3n) is 1.75. The third kappa shape index (κ3) is 3.05. The molecule has 3 heteroatoms. The molecule has 0 saturated heterocycles. The zero-order valence-electron chi connectivity index (χ0n) is 7.88. The van der Waals surface area contributed by atoms with E-state index in [9.17, 15) is 0 Å². The second-order valence-corrected chi connectivity index (χ2v) is 2.98. The lowest BCUT2D eigenvalue weighted by atomic mass is 10.3. The molecule has 0 spiro atoms.